The molecule has 0 heterocycles. The zero-order valence-corrected chi connectivity index (χ0v) is 5.39. The first kappa shape index (κ1) is 7.34. The van der Waals surface area contributed by atoms with Crippen LogP contribution in [0.1, 0.15) is 20.3 Å². The third kappa shape index (κ3) is 1.87. The Labute approximate surface area is 50.0 Å². The van der Waals surface area contributed by atoms with Gasteiger partial charge in [-0.05, 0) is 6.42 Å². The molecule has 1 atom stereocenters. The van der Waals surface area contributed by atoms with Crippen LogP contribution in [0.3, 0.4) is 0 Å². The van der Waals surface area contributed by atoms with Crippen LogP contribution in [0.4, 0.5) is 0 Å². The second-order valence-electron chi connectivity index (χ2n) is 1.90. The van der Waals surface area contributed by atoms with Crippen LogP contribution in [-0.4, -0.2) is 5.11 Å². The number of aliphatic hydroxyl groups excluding tert-OH is 1. The summed E-state index contributed by atoms with van der Waals surface area (Å²) in [7, 11) is 0. The van der Waals surface area contributed by atoms with Gasteiger partial charge in [0.05, 0.1) is 0 Å². The lowest BCUT2D eigenvalue weighted by Gasteiger charge is -2.04. The maximum Gasteiger partial charge on any atom is 0.110 e. The Bertz CT molecular complexity index is 88.5. The van der Waals surface area contributed by atoms with Gasteiger partial charge in [0, 0.05) is 12.1 Å². The number of aliphatic hydroxyl groups is 1. The van der Waals surface area contributed by atoms with Gasteiger partial charge in [-0.1, -0.05) is 13.8 Å². The number of hydrogen-bond acceptors (Lipinski definition) is 2. The largest absolute Gasteiger partial charge is 0.511 e. The summed E-state index contributed by atoms with van der Waals surface area (Å²) in [6.07, 6.45) is 2.17. The molecule has 2 heteroatoms. The Morgan fingerprint density at radius 1 is 1.88 bits per heavy atom. The minimum absolute atomic E-state index is 0.208. The fourth-order valence-corrected chi connectivity index (χ4v) is 0.373. The van der Waals surface area contributed by atoms with Gasteiger partial charge in [-0.25, -0.2) is 0 Å². The van der Waals surface area contributed by atoms with Crippen LogP contribution in [0, 0.1) is 5.92 Å². The summed E-state index contributed by atoms with van der Waals surface area (Å²) >= 11 is 0. The van der Waals surface area contributed by atoms with Crippen LogP contribution in [0.2, 0.25) is 0 Å². The van der Waals surface area contributed by atoms with E-state index in [1.807, 2.05) is 13.8 Å². The molecular weight excluding hydrogens is 102 g/mol. The van der Waals surface area contributed by atoms with Crippen LogP contribution < -0.4 is 5.73 Å². The van der Waals surface area contributed by atoms with Gasteiger partial charge >= 0.3 is 0 Å². The number of nitrogens with two attached hydrogens (primary N) is 1. The molecule has 0 aromatic carbocycles. The Hall–Kier alpha value is -0.660. The van der Waals surface area contributed by atoms with E-state index >= 15 is 0 Å². The van der Waals surface area contributed by atoms with Crippen molar-refractivity contribution in [3.05, 3.63) is 12.0 Å². The average molecular weight is 115 g/mol. The standard InChI is InChI=1S/C6H13NO/c1-3-5(2)6(8)4-7/h4-5,8H,3,7H2,1-2H3/b6-4-. The van der Waals surface area contributed by atoms with E-state index in [0.29, 0.717) is 0 Å². The van der Waals surface area contributed by atoms with Crippen molar-refractivity contribution in [2.24, 2.45) is 11.7 Å². The monoisotopic (exact) mass is 115 g/mol. The van der Waals surface area contributed by atoms with Gasteiger partial charge in [0.15, 0.2) is 0 Å². The Morgan fingerprint density at radius 3 is 2.50 bits per heavy atom. The lowest BCUT2D eigenvalue weighted by atomic mass is 10.1. The maximum absolute atomic E-state index is 8.86. The summed E-state index contributed by atoms with van der Waals surface area (Å²) in [5.74, 6) is 0.493. The highest BCUT2D eigenvalue weighted by Crippen LogP contribution is 2.08. The van der Waals surface area contributed by atoms with E-state index in [0.717, 1.165) is 6.42 Å². The molecule has 0 aromatic heterocycles. The van der Waals surface area contributed by atoms with Gasteiger partial charge < -0.3 is 10.8 Å². The van der Waals surface area contributed by atoms with E-state index in [4.69, 9.17) is 10.8 Å². The van der Waals surface area contributed by atoms with E-state index in [-0.39, 0.29) is 11.7 Å². The fourth-order valence-electron chi connectivity index (χ4n) is 0.373. The molecule has 0 aliphatic carbocycles. The van der Waals surface area contributed by atoms with E-state index in [9.17, 15) is 0 Å². The molecule has 0 radical (unpaired) electrons. The van der Waals surface area contributed by atoms with E-state index in [1.165, 1.54) is 6.20 Å². The van der Waals surface area contributed by atoms with E-state index in [1.54, 1.807) is 0 Å². The molecule has 0 aliphatic rings. The summed E-state index contributed by atoms with van der Waals surface area (Å²) in [5, 5.41) is 8.86. The minimum Gasteiger partial charge on any atom is -0.511 e. The van der Waals surface area contributed by atoms with E-state index < -0.39 is 0 Å². The van der Waals surface area contributed by atoms with Crippen molar-refractivity contribution in [1.82, 2.24) is 0 Å². The first-order chi connectivity index (χ1) is 3.72. The van der Waals surface area contributed by atoms with Gasteiger partial charge in [-0.3, -0.25) is 0 Å². The number of allylic oxidation sites excluding steroid dienone is 1. The Morgan fingerprint density at radius 2 is 2.38 bits per heavy atom. The van der Waals surface area contributed by atoms with Crippen molar-refractivity contribution < 1.29 is 5.11 Å². The van der Waals surface area contributed by atoms with Gasteiger partial charge in [0.25, 0.3) is 0 Å². The van der Waals surface area contributed by atoms with Crippen LogP contribution in [-0.2, 0) is 0 Å². The average Bonchev–Trinajstić information content (AvgIpc) is 1.84. The minimum atomic E-state index is 0.208. The summed E-state index contributed by atoms with van der Waals surface area (Å²) in [4.78, 5) is 0. The number of hydrogen-bond donors (Lipinski definition) is 2. The van der Waals surface area contributed by atoms with Crippen molar-refractivity contribution in [2.45, 2.75) is 20.3 Å². The molecule has 0 amide bonds. The molecule has 0 bridgehead atoms. The van der Waals surface area contributed by atoms with Crippen LogP contribution >= 0.6 is 0 Å². The van der Waals surface area contributed by atoms with Gasteiger partial charge in [-0.15, -0.1) is 0 Å². The molecule has 0 rings (SSSR count). The number of rotatable bonds is 2. The summed E-state index contributed by atoms with van der Waals surface area (Å²) in [6, 6.07) is 0. The maximum atomic E-state index is 8.86. The molecule has 0 aliphatic heterocycles. The molecule has 0 saturated heterocycles. The van der Waals surface area contributed by atoms with Crippen LogP contribution in [0.15, 0.2) is 12.0 Å². The zero-order valence-electron chi connectivity index (χ0n) is 5.39. The Kier molecular flexibility index (Phi) is 3.08. The molecule has 0 saturated carbocycles. The predicted octanol–water partition coefficient (Wildman–Crippen LogP) is 1.39. The lowest BCUT2D eigenvalue weighted by Crippen LogP contribution is -1.98. The first-order valence-electron chi connectivity index (χ1n) is 2.83. The third-order valence-electron chi connectivity index (χ3n) is 1.29. The molecule has 2 nitrogen and oxygen atoms in total. The topological polar surface area (TPSA) is 46.2 Å². The molecular formula is C6H13NO. The molecule has 8 heavy (non-hydrogen) atoms. The molecule has 1 unspecified atom stereocenters. The second-order valence-corrected chi connectivity index (χ2v) is 1.90. The first-order valence-corrected chi connectivity index (χ1v) is 2.83. The molecule has 48 valence electrons. The highest BCUT2D eigenvalue weighted by Gasteiger charge is 2.00. The SMILES string of the molecule is CCC(C)/C(O)=C/N. The van der Waals surface area contributed by atoms with Gasteiger partial charge in [0.1, 0.15) is 5.76 Å². The van der Waals surface area contributed by atoms with Crippen molar-refractivity contribution in [2.75, 3.05) is 0 Å². The second kappa shape index (κ2) is 3.36. The summed E-state index contributed by atoms with van der Waals surface area (Å²) in [5.41, 5.74) is 5.04. The quantitative estimate of drug-likeness (QED) is 0.534. The molecule has 0 fully saturated rings. The smallest absolute Gasteiger partial charge is 0.110 e. The summed E-state index contributed by atoms with van der Waals surface area (Å²) < 4.78 is 0. The zero-order chi connectivity index (χ0) is 6.57. The highest BCUT2D eigenvalue weighted by molar-refractivity contribution is 4.90. The van der Waals surface area contributed by atoms with Crippen molar-refractivity contribution in [3.63, 3.8) is 0 Å². The van der Waals surface area contributed by atoms with Crippen molar-refractivity contribution in [1.29, 1.82) is 0 Å². The molecule has 0 spiro atoms. The molecule has 3 N–H and O–H groups in total. The van der Waals surface area contributed by atoms with Gasteiger partial charge in [-0.2, -0.15) is 0 Å². The van der Waals surface area contributed by atoms with E-state index in [2.05, 4.69) is 0 Å². The van der Waals surface area contributed by atoms with Crippen LogP contribution in [0.5, 0.6) is 0 Å². The third-order valence-corrected chi connectivity index (χ3v) is 1.29. The fraction of sp³-hybridized carbons (Fsp3) is 0.667. The normalized spacial score (nSPS) is 16.0. The summed E-state index contributed by atoms with van der Waals surface area (Å²) in [6.45, 7) is 3.93. The molecule has 0 aromatic rings. The lowest BCUT2D eigenvalue weighted by molar-refractivity contribution is 0.334. The van der Waals surface area contributed by atoms with Crippen molar-refractivity contribution >= 4 is 0 Å². The van der Waals surface area contributed by atoms with Crippen LogP contribution in [0.25, 0.3) is 0 Å². The predicted molar refractivity (Wildman–Crippen MR) is 34.4 cm³/mol. The van der Waals surface area contributed by atoms with Crippen molar-refractivity contribution in [3.8, 4) is 0 Å². The Balaban J connectivity index is 3.63. The van der Waals surface area contributed by atoms with Gasteiger partial charge in [0.2, 0.25) is 0 Å². The highest BCUT2D eigenvalue weighted by atomic mass is 16.3.